The Morgan fingerprint density at radius 1 is 1.54 bits per heavy atom. The number of carbonyl (C=O) groups excluding carboxylic acids is 1. The third-order valence-electron chi connectivity index (χ3n) is 1.33. The molecule has 0 fully saturated rings. The van der Waals surface area contributed by atoms with Gasteiger partial charge < -0.3 is 4.74 Å². The van der Waals surface area contributed by atoms with Gasteiger partial charge in [0.05, 0.1) is 6.10 Å². The van der Waals surface area contributed by atoms with Crippen LogP contribution in [0, 0.1) is 0 Å². The maximum Gasteiger partial charge on any atom is 0.344 e. The van der Waals surface area contributed by atoms with E-state index >= 15 is 0 Å². The van der Waals surface area contributed by atoms with E-state index in [0.717, 1.165) is 0 Å². The summed E-state index contributed by atoms with van der Waals surface area (Å²) in [5.74, 6) is -1.17. The number of aromatic nitrogens is 1. The normalized spacial score (nSPS) is 10.1. The molecule has 4 heteroatoms. The number of pyridine rings is 1. The van der Waals surface area contributed by atoms with Gasteiger partial charge in [-0.2, -0.15) is 0 Å². The lowest BCUT2D eigenvalue weighted by molar-refractivity contribution is 0.0372. The molecule has 0 aliphatic heterocycles. The van der Waals surface area contributed by atoms with E-state index in [9.17, 15) is 9.90 Å². The van der Waals surface area contributed by atoms with Gasteiger partial charge in [0.15, 0.2) is 0 Å². The summed E-state index contributed by atoms with van der Waals surface area (Å²) in [6.07, 6.45) is 1.11. The van der Waals surface area contributed by atoms with Gasteiger partial charge in [-0.15, -0.1) is 0 Å². The average Bonchev–Trinajstić information content (AvgIpc) is 2.03. The molecule has 13 heavy (non-hydrogen) atoms. The Kier molecular flexibility index (Phi) is 2.84. The molecule has 1 rings (SSSR count). The fraction of sp³-hybridized carbons (Fsp3) is 0.333. The molecule has 1 heterocycles. The summed E-state index contributed by atoms with van der Waals surface area (Å²) in [6.45, 7) is 3.44. The Hall–Kier alpha value is -1.58. The molecule has 0 N–H and O–H groups in total. The molecule has 0 atom stereocenters. The van der Waals surface area contributed by atoms with Crippen LogP contribution in [-0.4, -0.2) is 17.1 Å². The Morgan fingerprint density at radius 2 is 2.23 bits per heavy atom. The average molecular weight is 180 g/mol. The molecule has 0 saturated carbocycles. The second kappa shape index (κ2) is 3.89. The van der Waals surface area contributed by atoms with Crippen molar-refractivity contribution in [1.29, 1.82) is 0 Å². The topological polar surface area (TPSA) is 59.1 Å². The quantitative estimate of drug-likeness (QED) is 0.652. The molecule has 0 aliphatic rings. The minimum absolute atomic E-state index is 0.0174. The smallest absolute Gasteiger partial charge is 0.344 e. The number of hydrogen-bond acceptors (Lipinski definition) is 3. The second-order valence-electron chi connectivity index (χ2n) is 2.81. The van der Waals surface area contributed by atoms with Crippen molar-refractivity contribution < 1.29 is 14.6 Å². The van der Waals surface area contributed by atoms with Crippen LogP contribution >= 0.6 is 0 Å². The predicted molar refractivity (Wildman–Crippen MR) is 44.9 cm³/mol. The van der Waals surface area contributed by atoms with E-state index in [1.165, 1.54) is 18.3 Å². The van der Waals surface area contributed by atoms with Crippen molar-refractivity contribution in [1.82, 2.24) is 4.98 Å². The van der Waals surface area contributed by atoms with Crippen LogP contribution in [0.15, 0.2) is 18.3 Å². The Morgan fingerprint density at radius 3 is 2.77 bits per heavy atom. The zero-order valence-electron chi connectivity index (χ0n) is 7.48. The molecular formula is C9H10NO3. The van der Waals surface area contributed by atoms with Crippen LogP contribution in [-0.2, 0) is 9.84 Å². The molecule has 1 aromatic rings. The van der Waals surface area contributed by atoms with Crippen LogP contribution in [0.5, 0.6) is 5.88 Å². The highest BCUT2D eigenvalue weighted by Gasteiger charge is 2.15. The fourth-order valence-electron chi connectivity index (χ4n) is 0.824. The summed E-state index contributed by atoms with van der Waals surface area (Å²) in [7, 11) is 0. The summed E-state index contributed by atoms with van der Waals surface area (Å²) in [5.41, 5.74) is -0.0174. The van der Waals surface area contributed by atoms with Gasteiger partial charge in [-0.3, -0.25) is 5.11 Å². The third kappa shape index (κ3) is 2.43. The fourth-order valence-corrected chi connectivity index (χ4v) is 0.824. The van der Waals surface area contributed by atoms with Gasteiger partial charge in [-0.25, -0.2) is 9.78 Å². The summed E-state index contributed by atoms with van der Waals surface area (Å²) in [4.78, 5) is 14.7. The van der Waals surface area contributed by atoms with E-state index in [-0.39, 0.29) is 11.7 Å². The van der Waals surface area contributed by atoms with E-state index in [1.54, 1.807) is 13.8 Å². The number of rotatable bonds is 2. The zero-order valence-corrected chi connectivity index (χ0v) is 7.48. The number of nitrogens with zero attached hydrogens (tertiary/aromatic N) is 1. The van der Waals surface area contributed by atoms with E-state index in [0.29, 0.717) is 0 Å². The molecule has 0 amide bonds. The van der Waals surface area contributed by atoms with E-state index in [4.69, 9.17) is 4.74 Å². The standard InChI is InChI=1S/C9H10NO3/c1-6(2)13-9(12)7-4-3-5-10-8(7)11/h3-6H,1-2H3. The first-order chi connectivity index (χ1) is 6.11. The van der Waals surface area contributed by atoms with Crippen molar-refractivity contribution in [2.45, 2.75) is 20.0 Å². The molecule has 0 unspecified atom stereocenters. The second-order valence-corrected chi connectivity index (χ2v) is 2.81. The van der Waals surface area contributed by atoms with Gasteiger partial charge in [0, 0.05) is 6.20 Å². The molecule has 1 radical (unpaired) electrons. The van der Waals surface area contributed by atoms with Crippen LogP contribution in [0.1, 0.15) is 24.2 Å². The number of esters is 1. The first-order valence-electron chi connectivity index (χ1n) is 3.94. The van der Waals surface area contributed by atoms with E-state index in [2.05, 4.69) is 4.98 Å². The first-order valence-corrected chi connectivity index (χ1v) is 3.94. The highest BCUT2D eigenvalue weighted by molar-refractivity contribution is 5.91. The molecule has 0 bridgehead atoms. The monoisotopic (exact) mass is 180 g/mol. The van der Waals surface area contributed by atoms with Crippen molar-refractivity contribution >= 4 is 5.97 Å². The summed E-state index contributed by atoms with van der Waals surface area (Å²) >= 11 is 0. The van der Waals surface area contributed by atoms with Crippen LogP contribution in [0.3, 0.4) is 0 Å². The molecular weight excluding hydrogens is 170 g/mol. The molecule has 1 aromatic heterocycles. The molecule has 4 nitrogen and oxygen atoms in total. The van der Waals surface area contributed by atoms with Gasteiger partial charge in [0.2, 0.25) is 0 Å². The lowest BCUT2D eigenvalue weighted by atomic mass is 10.3. The number of hydrogen-bond donors (Lipinski definition) is 0. The minimum Gasteiger partial charge on any atom is -0.459 e. The highest BCUT2D eigenvalue weighted by atomic mass is 16.5. The maximum absolute atomic E-state index is 11.2. The van der Waals surface area contributed by atoms with Crippen molar-refractivity contribution in [2.75, 3.05) is 0 Å². The Bertz CT molecular complexity index is 309. The van der Waals surface area contributed by atoms with Crippen LogP contribution in [0.4, 0.5) is 0 Å². The summed E-state index contributed by atoms with van der Waals surface area (Å²) in [5, 5.41) is 11.0. The number of ether oxygens (including phenoxy) is 1. The maximum atomic E-state index is 11.2. The number of carbonyl (C=O) groups is 1. The minimum atomic E-state index is -0.617. The molecule has 0 aliphatic carbocycles. The Balaban J connectivity index is 2.83. The summed E-state index contributed by atoms with van der Waals surface area (Å²) < 4.78 is 4.84. The SMILES string of the molecule is CC(C)OC(=O)c1cccnc1[O]. The predicted octanol–water partition coefficient (Wildman–Crippen LogP) is 1.79. The van der Waals surface area contributed by atoms with E-state index < -0.39 is 11.8 Å². The lowest BCUT2D eigenvalue weighted by Crippen LogP contribution is -2.11. The highest BCUT2D eigenvalue weighted by Crippen LogP contribution is 2.14. The van der Waals surface area contributed by atoms with Crippen LogP contribution < -0.4 is 0 Å². The van der Waals surface area contributed by atoms with Crippen LogP contribution in [0.2, 0.25) is 0 Å². The van der Waals surface area contributed by atoms with Crippen molar-refractivity contribution in [3.8, 4) is 5.88 Å². The van der Waals surface area contributed by atoms with Crippen molar-refractivity contribution in [2.24, 2.45) is 0 Å². The third-order valence-corrected chi connectivity index (χ3v) is 1.33. The molecule has 69 valence electrons. The van der Waals surface area contributed by atoms with Gasteiger partial charge in [-0.1, -0.05) is 0 Å². The largest absolute Gasteiger partial charge is 0.459 e. The lowest BCUT2D eigenvalue weighted by Gasteiger charge is -2.06. The van der Waals surface area contributed by atoms with Gasteiger partial charge in [-0.05, 0) is 26.0 Å². The van der Waals surface area contributed by atoms with Gasteiger partial charge in [0.1, 0.15) is 5.56 Å². The Labute approximate surface area is 76.2 Å². The summed E-state index contributed by atoms with van der Waals surface area (Å²) in [6, 6.07) is 2.93. The zero-order chi connectivity index (χ0) is 9.84. The van der Waals surface area contributed by atoms with E-state index in [1.807, 2.05) is 0 Å². The van der Waals surface area contributed by atoms with Gasteiger partial charge >= 0.3 is 5.97 Å². The molecule has 0 aromatic carbocycles. The van der Waals surface area contributed by atoms with Crippen molar-refractivity contribution in [3.05, 3.63) is 23.9 Å². The van der Waals surface area contributed by atoms with Crippen LogP contribution in [0.25, 0.3) is 0 Å². The van der Waals surface area contributed by atoms with Gasteiger partial charge in [0.25, 0.3) is 5.88 Å². The molecule has 0 saturated heterocycles. The van der Waals surface area contributed by atoms with Crippen molar-refractivity contribution in [3.63, 3.8) is 0 Å². The first kappa shape index (κ1) is 9.51. The molecule has 0 spiro atoms.